The van der Waals surface area contributed by atoms with Gasteiger partial charge in [-0.1, -0.05) is 6.07 Å². The third-order valence-corrected chi connectivity index (χ3v) is 1.91. The Kier molecular flexibility index (Phi) is 3.24. The van der Waals surface area contributed by atoms with Gasteiger partial charge in [-0.2, -0.15) is 0 Å². The molecule has 6 heteroatoms. The molecule has 1 rings (SSSR count). The highest BCUT2D eigenvalue weighted by atomic mass is 16.5. The van der Waals surface area contributed by atoms with Crippen molar-refractivity contribution in [2.45, 2.75) is 0 Å². The number of hydrogen-bond acceptors (Lipinski definition) is 4. The van der Waals surface area contributed by atoms with Crippen LogP contribution in [0.15, 0.2) is 18.2 Å². The van der Waals surface area contributed by atoms with Crippen LogP contribution >= 0.6 is 0 Å². The molecule has 84 valence electrons. The Hall–Kier alpha value is -2.37. The van der Waals surface area contributed by atoms with E-state index in [1.165, 1.54) is 6.07 Å². The molecule has 2 N–H and O–H groups in total. The first kappa shape index (κ1) is 11.7. The average molecular weight is 224 g/mol. The van der Waals surface area contributed by atoms with Crippen LogP contribution in [0.5, 0.6) is 0 Å². The standard InChI is InChI=1S/C10H8O6/c1-16-10(15)7-5(8(11)12)3-2-4-6(7)9(13)14/h2-4H,1H3,(H,11,12)(H,13,14). The van der Waals surface area contributed by atoms with Crippen LogP contribution in [0, 0.1) is 0 Å². The highest BCUT2D eigenvalue weighted by molar-refractivity contribution is 6.09. The number of carbonyl (C=O) groups is 3. The molecular formula is C10H8O6. The summed E-state index contributed by atoms with van der Waals surface area (Å²) < 4.78 is 4.35. The van der Waals surface area contributed by atoms with Gasteiger partial charge in [0.1, 0.15) is 0 Å². The minimum absolute atomic E-state index is 0.397. The van der Waals surface area contributed by atoms with Crippen molar-refractivity contribution in [2.24, 2.45) is 0 Å². The van der Waals surface area contributed by atoms with Gasteiger partial charge in [-0.3, -0.25) is 0 Å². The lowest BCUT2D eigenvalue weighted by Gasteiger charge is -2.07. The molecule has 0 aliphatic heterocycles. The number of esters is 1. The van der Waals surface area contributed by atoms with Gasteiger partial charge in [0.05, 0.1) is 23.8 Å². The number of hydrogen-bond donors (Lipinski definition) is 2. The monoisotopic (exact) mass is 224 g/mol. The van der Waals surface area contributed by atoms with E-state index in [0.29, 0.717) is 0 Å². The Bertz CT molecular complexity index is 430. The molecule has 1 aromatic rings. The first-order valence-electron chi connectivity index (χ1n) is 4.17. The molecule has 0 aliphatic carbocycles. The summed E-state index contributed by atoms with van der Waals surface area (Å²) in [6, 6.07) is 3.53. The zero-order chi connectivity index (χ0) is 12.3. The first-order chi connectivity index (χ1) is 7.49. The van der Waals surface area contributed by atoms with Crippen LogP contribution in [0.3, 0.4) is 0 Å². The van der Waals surface area contributed by atoms with Gasteiger partial charge in [-0.25, -0.2) is 14.4 Å². The van der Waals surface area contributed by atoms with E-state index in [1.54, 1.807) is 0 Å². The largest absolute Gasteiger partial charge is 0.478 e. The molecule has 0 amide bonds. The van der Waals surface area contributed by atoms with Crippen molar-refractivity contribution in [3.63, 3.8) is 0 Å². The summed E-state index contributed by atoms with van der Waals surface area (Å²) in [6.07, 6.45) is 0. The molecule has 0 bridgehead atoms. The predicted molar refractivity (Wildman–Crippen MR) is 51.7 cm³/mol. The molecule has 0 saturated heterocycles. The highest BCUT2D eigenvalue weighted by Crippen LogP contribution is 2.16. The summed E-state index contributed by atoms with van der Waals surface area (Å²) in [5, 5.41) is 17.6. The second-order valence-electron chi connectivity index (χ2n) is 2.83. The van der Waals surface area contributed by atoms with E-state index in [2.05, 4.69) is 4.74 Å². The summed E-state index contributed by atoms with van der Waals surface area (Å²) in [5.74, 6) is -3.76. The van der Waals surface area contributed by atoms with Crippen molar-refractivity contribution in [3.05, 3.63) is 34.9 Å². The summed E-state index contributed by atoms with van der Waals surface area (Å²) >= 11 is 0. The SMILES string of the molecule is COC(=O)c1c(C(=O)O)cccc1C(=O)O. The summed E-state index contributed by atoms with van der Waals surface area (Å²) in [6.45, 7) is 0. The third kappa shape index (κ3) is 2.00. The van der Waals surface area contributed by atoms with Crippen LogP contribution in [0.25, 0.3) is 0 Å². The minimum Gasteiger partial charge on any atom is -0.478 e. The summed E-state index contributed by atoms with van der Waals surface area (Å²) in [5.41, 5.74) is -1.25. The van der Waals surface area contributed by atoms with Crippen molar-refractivity contribution in [1.82, 2.24) is 0 Å². The van der Waals surface area contributed by atoms with Crippen LogP contribution in [0.1, 0.15) is 31.1 Å². The van der Waals surface area contributed by atoms with Crippen LogP contribution in [-0.2, 0) is 4.74 Å². The molecular weight excluding hydrogens is 216 g/mol. The van der Waals surface area contributed by atoms with Crippen LogP contribution in [-0.4, -0.2) is 35.2 Å². The van der Waals surface area contributed by atoms with Gasteiger partial charge in [0.15, 0.2) is 0 Å². The fourth-order valence-electron chi connectivity index (χ4n) is 1.23. The molecule has 0 saturated carbocycles. The molecule has 0 aliphatic rings. The summed E-state index contributed by atoms with van der Waals surface area (Å²) in [7, 11) is 1.05. The number of carbonyl (C=O) groups excluding carboxylic acids is 1. The van der Waals surface area contributed by atoms with Gasteiger partial charge in [0, 0.05) is 0 Å². The summed E-state index contributed by atoms with van der Waals surface area (Å²) in [4.78, 5) is 32.9. The Morgan fingerprint density at radius 1 is 1.06 bits per heavy atom. The Balaban J connectivity index is 3.53. The Morgan fingerprint density at radius 2 is 1.50 bits per heavy atom. The molecule has 6 nitrogen and oxygen atoms in total. The van der Waals surface area contributed by atoms with Gasteiger partial charge < -0.3 is 14.9 Å². The molecule has 1 aromatic carbocycles. The van der Waals surface area contributed by atoms with E-state index in [1.807, 2.05) is 0 Å². The van der Waals surface area contributed by atoms with E-state index in [-0.39, 0.29) is 0 Å². The van der Waals surface area contributed by atoms with E-state index in [4.69, 9.17) is 10.2 Å². The maximum absolute atomic E-state index is 11.3. The highest BCUT2D eigenvalue weighted by Gasteiger charge is 2.24. The fraction of sp³-hybridized carbons (Fsp3) is 0.100. The van der Waals surface area contributed by atoms with E-state index >= 15 is 0 Å². The van der Waals surface area contributed by atoms with Crippen LogP contribution < -0.4 is 0 Å². The van der Waals surface area contributed by atoms with Crippen LogP contribution in [0.4, 0.5) is 0 Å². The van der Waals surface area contributed by atoms with Crippen molar-refractivity contribution in [3.8, 4) is 0 Å². The lowest BCUT2D eigenvalue weighted by Crippen LogP contribution is -2.15. The Labute approximate surface area is 90.1 Å². The Morgan fingerprint density at radius 3 is 1.81 bits per heavy atom. The normalized spacial score (nSPS) is 9.56. The van der Waals surface area contributed by atoms with Crippen molar-refractivity contribution < 1.29 is 29.3 Å². The number of methoxy groups -OCH3 is 1. The lowest BCUT2D eigenvalue weighted by atomic mass is 10.0. The number of benzene rings is 1. The number of carboxylic acid groups (broad SMARTS) is 2. The topological polar surface area (TPSA) is 101 Å². The van der Waals surface area contributed by atoms with E-state index < -0.39 is 34.6 Å². The molecule has 0 heterocycles. The van der Waals surface area contributed by atoms with Gasteiger partial charge in [0.25, 0.3) is 0 Å². The second kappa shape index (κ2) is 4.43. The number of aromatic carboxylic acids is 2. The average Bonchev–Trinajstić information content (AvgIpc) is 2.26. The molecule has 0 aromatic heterocycles. The number of carboxylic acids is 2. The van der Waals surface area contributed by atoms with E-state index in [9.17, 15) is 14.4 Å². The van der Waals surface area contributed by atoms with Gasteiger partial charge in [0.2, 0.25) is 0 Å². The van der Waals surface area contributed by atoms with Gasteiger partial charge in [-0.05, 0) is 12.1 Å². The smallest absolute Gasteiger partial charge is 0.339 e. The first-order valence-corrected chi connectivity index (χ1v) is 4.17. The van der Waals surface area contributed by atoms with Crippen molar-refractivity contribution in [2.75, 3.05) is 7.11 Å². The van der Waals surface area contributed by atoms with Crippen LogP contribution in [0.2, 0.25) is 0 Å². The molecule has 0 atom stereocenters. The maximum Gasteiger partial charge on any atom is 0.339 e. The second-order valence-corrected chi connectivity index (χ2v) is 2.83. The van der Waals surface area contributed by atoms with E-state index in [0.717, 1.165) is 19.2 Å². The van der Waals surface area contributed by atoms with Crippen molar-refractivity contribution >= 4 is 17.9 Å². The molecule has 0 fully saturated rings. The quantitative estimate of drug-likeness (QED) is 0.738. The van der Waals surface area contributed by atoms with Crippen molar-refractivity contribution in [1.29, 1.82) is 0 Å². The van der Waals surface area contributed by atoms with Gasteiger partial charge in [-0.15, -0.1) is 0 Å². The third-order valence-electron chi connectivity index (χ3n) is 1.91. The number of ether oxygens (including phenoxy) is 1. The molecule has 0 spiro atoms. The zero-order valence-corrected chi connectivity index (χ0v) is 8.26. The molecule has 0 radical (unpaired) electrons. The molecule has 16 heavy (non-hydrogen) atoms. The maximum atomic E-state index is 11.3. The van der Waals surface area contributed by atoms with Gasteiger partial charge >= 0.3 is 17.9 Å². The lowest BCUT2D eigenvalue weighted by molar-refractivity contribution is 0.0569. The fourth-order valence-corrected chi connectivity index (χ4v) is 1.23. The zero-order valence-electron chi connectivity index (χ0n) is 8.26. The predicted octanol–water partition coefficient (Wildman–Crippen LogP) is 0.870. The minimum atomic E-state index is -1.39. The molecule has 0 unspecified atom stereocenters. The number of rotatable bonds is 3.